The quantitative estimate of drug-likeness (QED) is 0.268. The second-order valence-corrected chi connectivity index (χ2v) is 6.57. The smallest absolute Gasteiger partial charge is 0.111 e. The number of thioether (sulfide) groups is 1. The van der Waals surface area contributed by atoms with E-state index in [9.17, 15) is 20.4 Å². The third kappa shape index (κ3) is 3.90. The Bertz CT molecular complexity index is 545. The predicted molar refractivity (Wildman–Crippen MR) is 89.7 cm³/mol. The van der Waals surface area contributed by atoms with Crippen LogP contribution in [0.3, 0.4) is 0 Å². The zero-order valence-electron chi connectivity index (χ0n) is 13.0. The number of β-amino-alcohol motifs (C(OH)–C–C–N with tert-alkyl or cyclic N) is 1. The number of fused-ring (bicyclic) bond motifs is 1. The molecule has 0 aliphatic carbocycles. The molecule has 0 fully saturated rings. The van der Waals surface area contributed by atoms with Gasteiger partial charge in [0.25, 0.3) is 0 Å². The fourth-order valence-electron chi connectivity index (χ4n) is 2.77. The van der Waals surface area contributed by atoms with Crippen LogP contribution in [0.1, 0.15) is 5.56 Å². The van der Waals surface area contributed by atoms with Gasteiger partial charge in [0.1, 0.15) is 18.3 Å². The predicted octanol–water partition coefficient (Wildman–Crippen LogP) is -1.21. The Hall–Kier alpha value is -1.03. The number of hydrogen-bond donors (Lipinski definition) is 6. The summed E-state index contributed by atoms with van der Waals surface area (Å²) in [5, 5.41) is 47.9. The summed E-state index contributed by atoms with van der Waals surface area (Å²) in [6, 6.07) is 3.88. The van der Waals surface area contributed by atoms with Crippen molar-refractivity contribution in [3.05, 3.63) is 17.7 Å². The molecule has 8 heteroatoms. The minimum Gasteiger partial charge on any atom is -0.398 e. The molecule has 0 saturated carbocycles. The van der Waals surface area contributed by atoms with E-state index >= 15 is 0 Å². The molecule has 1 heterocycles. The SMILES string of the molecule is CSc1cc2c(cc1N)CCN2CC(O)C(O)C(O)C(O)CO. The zero-order chi connectivity index (χ0) is 17.1. The number of benzene rings is 1. The Morgan fingerprint density at radius 2 is 1.83 bits per heavy atom. The molecule has 1 aliphatic rings. The van der Waals surface area contributed by atoms with Crippen LogP contribution in [0.5, 0.6) is 0 Å². The maximum atomic E-state index is 10.1. The molecule has 4 unspecified atom stereocenters. The molecular formula is C15H24N2O5S. The highest BCUT2D eigenvalue weighted by atomic mass is 32.2. The average Bonchev–Trinajstić information content (AvgIpc) is 2.93. The number of nitrogens with two attached hydrogens (primary N) is 1. The summed E-state index contributed by atoms with van der Waals surface area (Å²) >= 11 is 1.54. The van der Waals surface area contributed by atoms with E-state index in [-0.39, 0.29) is 6.54 Å². The minimum absolute atomic E-state index is 0.112. The fraction of sp³-hybridized carbons (Fsp3) is 0.600. The summed E-state index contributed by atoms with van der Waals surface area (Å²) in [4.78, 5) is 2.86. The average molecular weight is 344 g/mol. The lowest BCUT2D eigenvalue weighted by Gasteiger charge is -2.29. The van der Waals surface area contributed by atoms with Gasteiger partial charge >= 0.3 is 0 Å². The Morgan fingerprint density at radius 1 is 1.17 bits per heavy atom. The van der Waals surface area contributed by atoms with Gasteiger partial charge in [-0.3, -0.25) is 0 Å². The molecule has 7 N–H and O–H groups in total. The van der Waals surface area contributed by atoms with E-state index in [0.717, 1.165) is 28.3 Å². The number of hydrogen-bond acceptors (Lipinski definition) is 8. The molecule has 1 aromatic carbocycles. The van der Waals surface area contributed by atoms with Crippen LogP contribution in [-0.4, -0.2) is 75.9 Å². The molecule has 23 heavy (non-hydrogen) atoms. The summed E-state index contributed by atoms with van der Waals surface area (Å²) in [5.41, 5.74) is 8.73. The van der Waals surface area contributed by atoms with Gasteiger partial charge in [0.15, 0.2) is 0 Å². The lowest BCUT2D eigenvalue weighted by atomic mass is 10.0. The van der Waals surface area contributed by atoms with Crippen molar-refractivity contribution in [3.8, 4) is 0 Å². The van der Waals surface area contributed by atoms with Crippen LogP contribution < -0.4 is 10.6 Å². The molecule has 4 atom stereocenters. The molecule has 0 amide bonds. The van der Waals surface area contributed by atoms with Crippen molar-refractivity contribution in [1.29, 1.82) is 0 Å². The lowest BCUT2D eigenvalue weighted by molar-refractivity contribution is -0.112. The van der Waals surface area contributed by atoms with Crippen LogP contribution in [0.4, 0.5) is 11.4 Å². The zero-order valence-corrected chi connectivity index (χ0v) is 13.8. The van der Waals surface area contributed by atoms with Gasteiger partial charge < -0.3 is 36.2 Å². The second-order valence-electron chi connectivity index (χ2n) is 5.72. The standard InChI is InChI=1S/C15H24N2O5S/c1-23-13-5-10-8(4-9(13)16)2-3-17(10)6-11(19)14(21)15(22)12(20)7-18/h4-5,11-12,14-15,18-22H,2-3,6-7,16H2,1H3. The van der Waals surface area contributed by atoms with Gasteiger partial charge in [-0.1, -0.05) is 0 Å². The van der Waals surface area contributed by atoms with E-state index in [4.69, 9.17) is 10.8 Å². The molecule has 2 rings (SSSR count). The first-order valence-electron chi connectivity index (χ1n) is 7.43. The van der Waals surface area contributed by atoms with Gasteiger partial charge in [-0.05, 0) is 30.4 Å². The first-order valence-corrected chi connectivity index (χ1v) is 8.66. The topological polar surface area (TPSA) is 130 Å². The van der Waals surface area contributed by atoms with Crippen LogP contribution in [-0.2, 0) is 6.42 Å². The summed E-state index contributed by atoms with van der Waals surface area (Å²) in [7, 11) is 0. The molecule has 7 nitrogen and oxygen atoms in total. The van der Waals surface area contributed by atoms with E-state index in [0.29, 0.717) is 6.54 Å². The first-order chi connectivity index (χ1) is 10.9. The Morgan fingerprint density at radius 3 is 2.43 bits per heavy atom. The highest BCUT2D eigenvalue weighted by Crippen LogP contribution is 2.35. The summed E-state index contributed by atoms with van der Waals surface area (Å²) < 4.78 is 0. The number of anilines is 2. The third-order valence-corrected chi connectivity index (χ3v) is 4.95. The van der Waals surface area contributed by atoms with E-state index in [1.807, 2.05) is 23.3 Å². The van der Waals surface area contributed by atoms with Crippen molar-refractivity contribution in [3.63, 3.8) is 0 Å². The molecule has 0 bridgehead atoms. The highest BCUT2D eigenvalue weighted by molar-refractivity contribution is 7.98. The van der Waals surface area contributed by atoms with Crippen LogP contribution >= 0.6 is 11.8 Å². The van der Waals surface area contributed by atoms with Crippen molar-refractivity contribution in [2.24, 2.45) is 0 Å². The number of aliphatic hydroxyl groups excluding tert-OH is 5. The van der Waals surface area contributed by atoms with Crippen molar-refractivity contribution in [2.75, 3.05) is 36.6 Å². The maximum Gasteiger partial charge on any atom is 0.111 e. The van der Waals surface area contributed by atoms with Crippen LogP contribution in [0.2, 0.25) is 0 Å². The molecular weight excluding hydrogens is 320 g/mol. The first kappa shape index (κ1) is 18.3. The normalized spacial score (nSPS) is 19.3. The molecule has 0 saturated heterocycles. The Labute approximate surface area is 139 Å². The van der Waals surface area contributed by atoms with E-state index < -0.39 is 31.0 Å². The molecule has 1 aliphatic heterocycles. The number of nitrogen functional groups attached to an aromatic ring is 1. The summed E-state index contributed by atoms with van der Waals surface area (Å²) in [5.74, 6) is 0. The van der Waals surface area contributed by atoms with Gasteiger partial charge in [-0.2, -0.15) is 0 Å². The Kier molecular flexibility index (Phi) is 6.12. The number of aliphatic hydroxyl groups is 5. The van der Waals surface area contributed by atoms with Crippen molar-refractivity contribution >= 4 is 23.1 Å². The molecule has 0 radical (unpaired) electrons. The minimum atomic E-state index is -1.61. The van der Waals surface area contributed by atoms with Crippen LogP contribution in [0, 0.1) is 0 Å². The number of nitrogens with zero attached hydrogens (tertiary/aromatic N) is 1. The highest BCUT2D eigenvalue weighted by Gasteiger charge is 2.32. The van der Waals surface area contributed by atoms with Crippen LogP contribution in [0.15, 0.2) is 17.0 Å². The maximum absolute atomic E-state index is 10.1. The van der Waals surface area contributed by atoms with Crippen molar-refractivity contribution in [2.45, 2.75) is 35.7 Å². The van der Waals surface area contributed by atoms with Gasteiger partial charge in [0.05, 0.1) is 12.7 Å². The fourth-order valence-corrected chi connectivity index (χ4v) is 3.29. The summed E-state index contributed by atoms with van der Waals surface area (Å²) in [6.45, 7) is 0.101. The largest absolute Gasteiger partial charge is 0.398 e. The van der Waals surface area contributed by atoms with Gasteiger partial charge in [0.2, 0.25) is 0 Å². The van der Waals surface area contributed by atoms with E-state index in [1.54, 1.807) is 0 Å². The second kappa shape index (κ2) is 7.69. The van der Waals surface area contributed by atoms with Gasteiger partial charge in [-0.25, -0.2) is 0 Å². The van der Waals surface area contributed by atoms with E-state index in [2.05, 4.69) is 0 Å². The Balaban J connectivity index is 2.08. The lowest BCUT2D eigenvalue weighted by Crippen LogP contribution is -2.49. The molecule has 1 aromatic rings. The molecule has 0 aromatic heterocycles. The van der Waals surface area contributed by atoms with Crippen LogP contribution in [0.25, 0.3) is 0 Å². The molecule has 0 spiro atoms. The third-order valence-electron chi connectivity index (χ3n) is 4.16. The van der Waals surface area contributed by atoms with E-state index in [1.165, 1.54) is 11.8 Å². The molecule has 130 valence electrons. The summed E-state index contributed by atoms with van der Waals surface area (Å²) in [6.07, 6.45) is -3.18. The van der Waals surface area contributed by atoms with Gasteiger partial charge in [0, 0.05) is 29.4 Å². The van der Waals surface area contributed by atoms with Crippen molar-refractivity contribution in [1.82, 2.24) is 0 Å². The monoisotopic (exact) mass is 344 g/mol. The number of rotatable bonds is 7. The van der Waals surface area contributed by atoms with Gasteiger partial charge in [-0.15, -0.1) is 11.8 Å². The van der Waals surface area contributed by atoms with Crippen molar-refractivity contribution < 1.29 is 25.5 Å².